The number of hydrogen-bond acceptors (Lipinski definition) is 5. The highest BCUT2D eigenvalue weighted by atomic mass is 35.5. The largest absolute Gasteiger partial charge is 0.383 e. The van der Waals surface area contributed by atoms with Gasteiger partial charge in [-0.05, 0) is 49.4 Å². The van der Waals surface area contributed by atoms with E-state index in [0.29, 0.717) is 47.3 Å². The highest BCUT2D eigenvalue weighted by molar-refractivity contribution is 6.30. The van der Waals surface area contributed by atoms with E-state index in [1.807, 2.05) is 17.0 Å². The van der Waals surface area contributed by atoms with Crippen molar-refractivity contribution in [3.8, 4) is 11.3 Å². The molecule has 26 heavy (non-hydrogen) atoms. The second-order valence-electron chi connectivity index (χ2n) is 6.95. The number of methoxy groups -OCH3 is 1. The summed E-state index contributed by atoms with van der Waals surface area (Å²) in [6.45, 7) is 1.90. The predicted molar refractivity (Wildman–Crippen MR) is 99.5 cm³/mol. The first-order chi connectivity index (χ1) is 12.7. The molecule has 1 N–H and O–H groups in total. The molecule has 138 valence electrons. The lowest BCUT2D eigenvalue weighted by molar-refractivity contribution is 0.0704. The van der Waals surface area contributed by atoms with Crippen LogP contribution in [-0.4, -0.2) is 48.8 Å². The highest BCUT2D eigenvalue weighted by Gasteiger charge is 2.42. The van der Waals surface area contributed by atoms with Crippen LogP contribution in [0.5, 0.6) is 0 Å². The molecule has 1 aliphatic heterocycles. The quantitative estimate of drug-likeness (QED) is 0.780. The third kappa shape index (κ3) is 3.19. The van der Waals surface area contributed by atoms with Crippen LogP contribution in [-0.2, 0) is 4.74 Å². The Balaban J connectivity index is 1.68. The van der Waals surface area contributed by atoms with Crippen LogP contribution in [0.1, 0.15) is 29.6 Å². The molecule has 6 nitrogen and oxygen atoms in total. The summed E-state index contributed by atoms with van der Waals surface area (Å²) < 4.78 is 10.6. The van der Waals surface area contributed by atoms with Crippen LogP contribution in [0, 0.1) is 5.92 Å². The summed E-state index contributed by atoms with van der Waals surface area (Å²) in [5, 5.41) is 7.92. The van der Waals surface area contributed by atoms with Crippen LogP contribution >= 0.6 is 11.6 Å². The van der Waals surface area contributed by atoms with E-state index in [-0.39, 0.29) is 5.91 Å². The van der Waals surface area contributed by atoms with Gasteiger partial charge in [0.1, 0.15) is 5.56 Å². The molecule has 2 atom stereocenters. The van der Waals surface area contributed by atoms with Gasteiger partial charge in [-0.2, -0.15) is 0 Å². The molecule has 4 rings (SSSR count). The summed E-state index contributed by atoms with van der Waals surface area (Å²) in [6, 6.07) is 7.59. The van der Waals surface area contributed by atoms with E-state index in [1.54, 1.807) is 19.2 Å². The van der Waals surface area contributed by atoms with Crippen molar-refractivity contribution in [3.05, 3.63) is 34.9 Å². The van der Waals surface area contributed by atoms with E-state index < -0.39 is 0 Å². The van der Waals surface area contributed by atoms with Crippen LogP contribution in [0.4, 0.5) is 5.82 Å². The molecule has 1 aliphatic carbocycles. The van der Waals surface area contributed by atoms with Crippen molar-refractivity contribution < 1.29 is 14.1 Å². The van der Waals surface area contributed by atoms with E-state index in [1.165, 1.54) is 6.42 Å². The Morgan fingerprint density at radius 3 is 2.85 bits per heavy atom. The average Bonchev–Trinajstić information content (AvgIpc) is 3.37. The summed E-state index contributed by atoms with van der Waals surface area (Å²) in [7, 11) is 1.64. The number of carbonyl (C=O) groups excluding carboxylic acids is 1. The summed E-state index contributed by atoms with van der Waals surface area (Å²) in [5.41, 5.74) is 1.28. The number of fused-ring (bicyclic) bond motifs is 2. The van der Waals surface area contributed by atoms with Gasteiger partial charge in [-0.1, -0.05) is 16.8 Å². The fourth-order valence-electron chi connectivity index (χ4n) is 4.00. The standard InChI is InChI=1S/C19H22ClN3O3/c1-25-9-8-21-18-16(19(24)23-11-12-2-7-15(23)10-12)17(26-22-18)13-3-5-14(20)6-4-13/h3-6,12,15H,2,7-11H2,1H3,(H,21,22). The SMILES string of the molecule is COCCNc1noc(-c2ccc(Cl)cc2)c1C(=O)N1CC2CCC1C2. The number of amides is 1. The normalized spacial score (nSPS) is 21.4. The zero-order valence-electron chi connectivity index (χ0n) is 14.7. The molecule has 2 bridgehead atoms. The molecule has 2 aliphatic rings. The molecule has 7 heteroatoms. The van der Waals surface area contributed by atoms with E-state index >= 15 is 0 Å². The Hall–Kier alpha value is -2.05. The number of halogens is 1. The van der Waals surface area contributed by atoms with Crippen molar-refractivity contribution in [2.24, 2.45) is 5.92 Å². The van der Waals surface area contributed by atoms with Gasteiger partial charge in [-0.25, -0.2) is 0 Å². The van der Waals surface area contributed by atoms with Crippen LogP contribution in [0.25, 0.3) is 11.3 Å². The molecule has 1 aromatic carbocycles. The summed E-state index contributed by atoms with van der Waals surface area (Å²) in [4.78, 5) is 15.3. The first-order valence-electron chi connectivity index (χ1n) is 8.96. The Kier molecular flexibility index (Phi) is 4.87. The molecule has 0 radical (unpaired) electrons. The summed E-state index contributed by atoms with van der Waals surface area (Å²) >= 11 is 5.99. The fourth-order valence-corrected chi connectivity index (χ4v) is 4.12. The molecule has 2 heterocycles. The van der Waals surface area contributed by atoms with Gasteiger partial charge in [-0.3, -0.25) is 4.79 Å². The molecule has 2 aromatic rings. The van der Waals surface area contributed by atoms with Gasteiger partial charge in [0, 0.05) is 36.8 Å². The summed E-state index contributed by atoms with van der Waals surface area (Å²) in [5.74, 6) is 1.57. The smallest absolute Gasteiger partial charge is 0.261 e. The number of anilines is 1. The molecule has 0 spiro atoms. The first-order valence-corrected chi connectivity index (χ1v) is 9.34. The lowest BCUT2D eigenvalue weighted by atomic mass is 10.1. The number of piperidine rings is 1. The van der Waals surface area contributed by atoms with Crippen molar-refractivity contribution >= 4 is 23.3 Å². The Bertz CT molecular complexity index is 790. The van der Waals surface area contributed by atoms with Crippen LogP contribution < -0.4 is 5.32 Å². The van der Waals surface area contributed by atoms with Gasteiger partial charge in [0.05, 0.1) is 6.61 Å². The first kappa shape index (κ1) is 17.4. The van der Waals surface area contributed by atoms with Crippen molar-refractivity contribution in [1.29, 1.82) is 0 Å². The van der Waals surface area contributed by atoms with Crippen LogP contribution in [0.3, 0.4) is 0 Å². The number of nitrogens with zero attached hydrogens (tertiary/aromatic N) is 2. The Morgan fingerprint density at radius 2 is 2.19 bits per heavy atom. The lowest BCUT2D eigenvalue weighted by Gasteiger charge is -2.27. The minimum absolute atomic E-state index is 0.0108. The van der Waals surface area contributed by atoms with Crippen LogP contribution in [0.15, 0.2) is 28.8 Å². The number of ether oxygens (including phenoxy) is 1. The minimum Gasteiger partial charge on any atom is -0.383 e. The second kappa shape index (κ2) is 7.29. The minimum atomic E-state index is -0.0108. The molecule has 1 saturated carbocycles. The third-order valence-electron chi connectivity index (χ3n) is 5.28. The molecular weight excluding hydrogens is 354 g/mol. The molecule has 1 amide bonds. The lowest BCUT2D eigenvalue weighted by Crippen LogP contribution is -2.38. The monoisotopic (exact) mass is 375 g/mol. The molecule has 2 unspecified atom stereocenters. The second-order valence-corrected chi connectivity index (χ2v) is 7.39. The highest BCUT2D eigenvalue weighted by Crippen LogP contribution is 2.40. The average molecular weight is 376 g/mol. The number of nitrogens with one attached hydrogen (secondary N) is 1. The van der Waals surface area contributed by atoms with Crippen molar-refractivity contribution in [2.45, 2.75) is 25.3 Å². The maximum absolute atomic E-state index is 13.3. The zero-order chi connectivity index (χ0) is 18.1. The maximum Gasteiger partial charge on any atom is 0.261 e. The molecule has 2 fully saturated rings. The number of rotatable bonds is 6. The Labute approximate surface area is 157 Å². The zero-order valence-corrected chi connectivity index (χ0v) is 15.5. The maximum atomic E-state index is 13.3. The molecule has 1 aromatic heterocycles. The van der Waals surface area contributed by atoms with E-state index in [0.717, 1.165) is 24.9 Å². The molecular formula is C19H22ClN3O3. The van der Waals surface area contributed by atoms with Gasteiger partial charge in [0.25, 0.3) is 5.91 Å². The fraction of sp³-hybridized carbons (Fsp3) is 0.474. The van der Waals surface area contributed by atoms with Crippen LogP contribution in [0.2, 0.25) is 5.02 Å². The Morgan fingerprint density at radius 1 is 1.38 bits per heavy atom. The number of likely N-dealkylation sites (tertiary alicyclic amines) is 1. The third-order valence-corrected chi connectivity index (χ3v) is 5.53. The van der Waals surface area contributed by atoms with Gasteiger partial charge in [0.15, 0.2) is 11.6 Å². The predicted octanol–water partition coefficient (Wildman–Crippen LogP) is 3.68. The van der Waals surface area contributed by atoms with Crippen molar-refractivity contribution in [2.75, 3.05) is 32.1 Å². The number of benzene rings is 1. The topological polar surface area (TPSA) is 67.6 Å². The van der Waals surface area contributed by atoms with Crippen molar-refractivity contribution in [3.63, 3.8) is 0 Å². The number of aromatic nitrogens is 1. The summed E-state index contributed by atoms with van der Waals surface area (Å²) in [6.07, 6.45) is 3.42. The van der Waals surface area contributed by atoms with E-state index in [2.05, 4.69) is 10.5 Å². The van der Waals surface area contributed by atoms with Gasteiger partial charge in [-0.15, -0.1) is 0 Å². The van der Waals surface area contributed by atoms with Crippen molar-refractivity contribution in [1.82, 2.24) is 10.1 Å². The number of hydrogen-bond donors (Lipinski definition) is 1. The number of carbonyl (C=O) groups is 1. The van der Waals surface area contributed by atoms with Gasteiger partial charge >= 0.3 is 0 Å². The van der Waals surface area contributed by atoms with E-state index in [9.17, 15) is 4.79 Å². The molecule has 1 saturated heterocycles. The van der Waals surface area contributed by atoms with Gasteiger partial charge < -0.3 is 19.5 Å². The van der Waals surface area contributed by atoms with E-state index in [4.69, 9.17) is 20.9 Å². The van der Waals surface area contributed by atoms with Gasteiger partial charge in [0.2, 0.25) is 0 Å².